The fourth-order valence-corrected chi connectivity index (χ4v) is 2.33. The number of nitrogens with one attached hydrogen (secondary N) is 2. The van der Waals surface area contributed by atoms with Gasteiger partial charge in [0.15, 0.2) is 5.82 Å². The third-order valence-electron chi connectivity index (χ3n) is 3.26. The number of carbonyl (C=O) groups is 1. The van der Waals surface area contributed by atoms with Crippen LogP contribution in [0.25, 0.3) is 0 Å². The van der Waals surface area contributed by atoms with Gasteiger partial charge in [-0.25, -0.2) is 19.2 Å². The van der Waals surface area contributed by atoms with E-state index < -0.39 is 5.82 Å². The van der Waals surface area contributed by atoms with Crippen molar-refractivity contribution >= 4 is 17.6 Å². The molecule has 0 bridgehead atoms. The van der Waals surface area contributed by atoms with Gasteiger partial charge in [-0.15, -0.1) is 11.6 Å². The quantitative estimate of drug-likeness (QED) is 0.813. The molecule has 21 heavy (non-hydrogen) atoms. The highest BCUT2D eigenvalue weighted by Gasteiger charge is 2.24. The zero-order valence-electron chi connectivity index (χ0n) is 11.5. The minimum atomic E-state index is -0.488. The van der Waals surface area contributed by atoms with Crippen molar-refractivity contribution in [3.05, 3.63) is 18.2 Å². The molecule has 1 fully saturated rings. The third-order valence-corrected chi connectivity index (χ3v) is 3.45. The molecule has 0 radical (unpaired) electrons. The van der Waals surface area contributed by atoms with Crippen LogP contribution in [0.4, 0.5) is 9.18 Å². The molecule has 1 aromatic heterocycles. The number of hydrogen-bond acceptors (Lipinski definition) is 4. The van der Waals surface area contributed by atoms with Gasteiger partial charge in [-0.3, -0.25) is 0 Å². The number of nitrogens with zero attached hydrogens (tertiary/aromatic N) is 2. The lowest BCUT2D eigenvalue weighted by molar-refractivity contribution is 0.128. The first-order chi connectivity index (χ1) is 10.2. The van der Waals surface area contributed by atoms with E-state index in [1.54, 1.807) is 0 Å². The van der Waals surface area contributed by atoms with Crippen molar-refractivity contribution in [3.8, 4) is 6.01 Å². The van der Waals surface area contributed by atoms with Gasteiger partial charge in [-0.2, -0.15) is 0 Å². The Morgan fingerprint density at radius 2 is 2.00 bits per heavy atom. The van der Waals surface area contributed by atoms with Crippen LogP contribution in [-0.2, 0) is 0 Å². The van der Waals surface area contributed by atoms with E-state index in [0.717, 1.165) is 38.1 Å². The highest BCUT2D eigenvalue weighted by Crippen LogP contribution is 2.22. The number of ether oxygens (including phenoxy) is 1. The van der Waals surface area contributed by atoms with Gasteiger partial charge >= 0.3 is 12.0 Å². The molecule has 0 spiro atoms. The lowest BCUT2D eigenvalue weighted by Crippen LogP contribution is -2.45. The monoisotopic (exact) mass is 316 g/mol. The molecule has 0 saturated heterocycles. The lowest BCUT2D eigenvalue weighted by Gasteiger charge is -2.28. The summed E-state index contributed by atoms with van der Waals surface area (Å²) in [5.41, 5.74) is 0. The van der Waals surface area contributed by atoms with Crippen molar-refractivity contribution in [3.63, 3.8) is 0 Å². The predicted octanol–water partition coefficient (Wildman–Crippen LogP) is 1.84. The lowest BCUT2D eigenvalue weighted by atomic mass is 9.93. The van der Waals surface area contributed by atoms with Crippen molar-refractivity contribution in [2.45, 2.75) is 37.8 Å². The van der Waals surface area contributed by atoms with Crippen LogP contribution in [0.5, 0.6) is 6.01 Å². The molecule has 0 aromatic carbocycles. The van der Waals surface area contributed by atoms with Crippen LogP contribution in [0.2, 0.25) is 0 Å². The Bertz CT molecular complexity index is 452. The Morgan fingerprint density at radius 1 is 1.33 bits per heavy atom. The Balaban J connectivity index is 1.70. The standard InChI is InChI=1S/C13H18ClFN4O2/c14-5-6-16-12(20)19-10-1-3-11(4-2-10)21-13-17-7-9(15)8-18-13/h7-8,10-11H,1-6H2,(H2,16,19,20). The molecule has 2 N–H and O–H groups in total. The number of halogens is 2. The predicted molar refractivity (Wildman–Crippen MR) is 75.9 cm³/mol. The number of rotatable bonds is 5. The fourth-order valence-electron chi connectivity index (χ4n) is 2.23. The first-order valence-electron chi connectivity index (χ1n) is 6.92. The summed E-state index contributed by atoms with van der Waals surface area (Å²) in [5, 5.41) is 5.57. The first-order valence-corrected chi connectivity index (χ1v) is 7.45. The molecule has 0 unspecified atom stereocenters. The number of aromatic nitrogens is 2. The molecular weight excluding hydrogens is 299 g/mol. The summed E-state index contributed by atoms with van der Waals surface area (Å²) >= 11 is 5.50. The van der Waals surface area contributed by atoms with E-state index in [0.29, 0.717) is 12.4 Å². The number of urea groups is 1. The summed E-state index contributed by atoms with van der Waals surface area (Å²) in [4.78, 5) is 19.1. The highest BCUT2D eigenvalue weighted by atomic mass is 35.5. The van der Waals surface area contributed by atoms with Crippen LogP contribution in [-0.4, -0.2) is 40.6 Å². The van der Waals surface area contributed by atoms with Crippen LogP contribution in [0.1, 0.15) is 25.7 Å². The molecule has 1 aliphatic carbocycles. The topological polar surface area (TPSA) is 76.1 Å². The number of amides is 2. The van der Waals surface area contributed by atoms with E-state index in [4.69, 9.17) is 16.3 Å². The Labute approximate surface area is 127 Å². The van der Waals surface area contributed by atoms with Gasteiger partial charge in [0, 0.05) is 18.5 Å². The first kappa shape index (κ1) is 15.8. The van der Waals surface area contributed by atoms with Gasteiger partial charge in [0.25, 0.3) is 0 Å². The van der Waals surface area contributed by atoms with Gasteiger partial charge in [0.1, 0.15) is 6.10 Å². The molecule has 1 aromatic rings. The second kappa shape index (κ2) is 7.97. The highest BCUT2D eigenvalue weighted by molar-refractivity contribution is 6.18. The average Bonchev–Trinajstić information content (AvgIpc) is 2.49. The molecule has 0 atom stereocenters. The maximum absolute atomic E-state index is 12.7. The van der Waals surface area contributed by atoms with Gasteiger partial charge in [-0.1, -0.05) is 0 Å². The number of carbonyl (C=O) groups excluding carboxylic acids is 1. The smallest absolute Gasteiger partial charge is 0.316 e. The minimum absolute atomic E-state index is 0.000542. The summed E-state index contributed by atoms with van der Waals surface area (Å²) in [6.45, 7) is 0.452. The normalized spacial score (nSPS) is 21.6. The maximum Gasteiger partial charge on any atom is 0.316 e. The molecule has 1 aliphatic rings. The maximum atomic E-state index is 12.7. The van der Waals surface area contributed by atoms with Gasteiger partial charge < -0.3 is 15.4 Å². The van der Waals surface area contributed by atoms with Gasteiger partial charge in [0.2, 0.25) is 0 Å². The molecular formula is C13H18ClFN4O2. The van der Waals surface area contributed by atoms with Crippen molar-refractivity contribution in [1.29, 1.82) is 0 Å². The van der Waals surface area contributed by atoms with Crippen LogP contribution in [0.3, 0.4) is 0 Å². The molecule has 2 rings (SSSR count). The van der Waals surface area contributed by atoms with Crippen LogP contribution < -0.4 is 15.4 Å². The van der Waals surface area contributed by atoms with Crippen molar-refractivity contribution in [1.82, 2.24) is 20.6 Å². The fraction of sp³-hybridized carbons (Fsp3) is 0.615. The van der Waals surface area contributed by atoms with E-state index in [-0.39, 0.29) is 24.2 Å². The summed E-state index contributed by atoms with van der Waals surface area (Å²) in [6.07, 6.45) is 5.38. The molecule has 1 saturated carbocycles. The van der Waals surface area contributed by atoms with E-state index in [9.17, 15) is 9.18 Å². The largest absolute Gasteiger partial charge is 0.460 e. The summed E-state index contributed by atoms with van der Waals surface area (Å²) in [5.74, 6) is -0.0932. The Kier molecular flexibility index (Phi) is 5.98. The van der Waals surface area contributed by atoms with E-state index >= 15 is 0 Å². The Hall–Kier alpha value is -1.63. The molecule has 0 aliphatic heterocycles. The van der Waals surface area contributed by atoms with Gasteiger partial charge in [0.05, 0.1) is 12.4 Å². The second-order valence-corrected chi connectivity index (χ2v) is 5.24. The zero-order valence-corrected chi connectivity index (χ0v) is 12.3. The SMILES string of the molecule is O=C(NCCCl)NC1CCC(Oc2ncc(F)cn2)CC1. The Morgan fingerprint density at radius 3 is 2.62 bits per heavy atom. The van der Waals surface area contributed by atoms with E-state index in [1.165, 1.54) is 0 Å². The number of hydrogen-bond donors (Lipinski definition) is 2. The average molecular weight is 317 g/mol. The summed E-state index contributed by atoms with van der Waals surface area (Å²) in [7, 11) is 0. The van der Waals surface area contributed by atoms with Crippen LogP contribution in [0.15, 0.2) is 12.4 Å². The minimum Gasteiger partial charge on any atom is -0.460 e. The molecule has 8 heteroatoms. The van der Waals surface area contributed by atoms with E-state index in [1.807, 2.05) is 0 Å². The van der Waals surface area contributed by atoms with Crippen molar-refractivity contribution in [2.75, 3.05) is 12.4 Å². The molecule has 2 amide bonds. The van der Waals surface area contributed by atoms with Gasteiger partial charge in [-0.05, 0) is 25.7 Å². The summed E-state index contributed by atoms with van der Waals surface area (Å²) < 4.78 is 18.3. The van der Waals surface area contributed by atoms with Crippen LogP contribution >= 0.6 is 11.6 Å². The zero-order chi connectivity index (χ0) is 15.1. The third kappa shape index (κ3) is 5.34. The molecule has 6 nitrogen and oxygen atoms in total. The van der Waals surface area contributed by atoms with Crippen molar-refractivity contribution in [2.24, 2.45) is 0 Å². The van der Waals surface area contributed by atoms with Crippen molar-refractivity contribution < 1.29 is 13.9 Å². The summed E-state index contributed by atoms with van der Waals surface area (Å²) in [6, 6.07) is 0.129. The second-order valence-electron chi connectivity index (χ2n) is 4.86. The van der Waals surface area contributed by atoms with Crippen LogP contribution in [0, 0.1) is 5.82 Å². The molecule has 1 heterocycles. The number of alkyl halides is 1. The molecule has 116 valence electrons. The van der Waals surface area contributed by atoms with E-state index in [2.05, 4.69) is 20.6 Å².